The molecule has 0 aliphatic rings. The van der Waals surface area contributed by atoms with Gasteiger partial charge in [-0.05, 0) is 50.6 Å². The molecule has 0 atom stereocenters. The summed E-state index contributed by atoms with van der Waals surface area (Å²) in [6.45, 7) is 5.81. The Bertz CT molecular complexity index is 1120. The van der Waals surface area contributed by atoms with E-state index in [1.54, 1.807) is 6.92 Å². The van der Waals surface area contributed by atoms with Crippen LogP contribution in [0, 0.1) is 13.8 Å². The summed E-state index contributed by atoms with van der Waals surface area (Å²) in [6.07, 6.45) is 0. The van der Waals surface area contributed by atoms with Crippen molar-refractivity contribution in [1.29, 1.82) is 0 Å². The fourth-order valence-electron chi connectivity index (χ4n) is 3.06. The molecule has 0 aliphatic carbocycles. The molecule has 0 saturated carbocycles. The van der Waals surface area contributed by atoms with E-state index in [-0.39, 0.29) is 18.3 Å². The van der Waals surface area contributed by atoms with Crippen LogP contribution in [-0.4, -0.2) is 53.1 Å². The first-order valence-corrected chi connectivity index (χ1v) is 11.9. The maximum absolute atomic E-state index is 12.6. The van der Waals surface area contributed by atoms with Gasteiger partial charge < -0.3 is 19.5 Å². The lowest BCUT2D eigenvalue weighted by atomic mass is 10.1. The number of nitrogens with one attached hydrogen (secondary N) is 1. The number of rotatable bonds is 8. The Morgan fingerprint density at radius 2 is 1.88 bits per heavy atom. The van der Waals surface area contributed by atoms with Crippen molar-refractivity contribution in [2.45, 2.75) is 25.9 Å². The molecule has 0 saturated heterocycles. The molecule has 1 N–H and O–H groups in total. The smallest absolute Gasteiger partial charge is 0.341 e. The molecule has 170 valence electrons. The molecule has 0 unspecified atom stereocenters. The molecule has 3 rings (SSSR count). The summed E-state index contributed by atoms with van der Waals surface area (Å²) in [7, 11) is 5.86. The van der Waals surface area contributed by atoms with Crippen LogP contribution in [0.25, 0.3) is 11.4 Å². The Kier molecular flexibility index (Phi) is 7.57. The minimum Gasteiger partial charge on any atom is -0.462 e. The molecular weight excluding hydrogens is 446 g/mol. The summed E-state index contributed by atoms with van der Waals surface area (Å²) in [4.78, 5) is 27.9. The van der Waals surface area contributed by atoms with Crippen LogP contribution in [0.1, 0.15) is 27.7 Å². The first-order chi connectivity index (χ1) is 15.2. The van der Waals surface area contributed by atoms with Crippen molar-refractivity contribution in [3.8, 4) is 11.4 Å². The summed E-state index contributed by atoms with van der Waals surface area (Å²) < 4.78 is 7.01. The number of thiophene rings is 1. The van der Waals surface area contributed by atoms with Crippen LogP contribution < -0.4 is 10.2 Å². The van der Waals surface area contributed by atoms with Crippen LogP contribution in [0.4, 0.5) is 10.7 Å². The zero-order valence-corrected chi connectivity index (χ0v) is 20.7. The van der Waals surface area contributed by atoms with Gasteiger partial charge in [-0.15, -0.1) is 21.5 Å². The topological polar surface area (TPSA) is 89.3 Å². The summed E-state index contributed by atoms with van der Waals surface area (Å²) in [5, 5.41) is 12.5. The fourth-order valence-corrected chi connectivity index (χ4v) is 4.83. The van der Waals surface area contributed by atoms with E-state index < -0.39 is 5.97 Å². The highest BCUT2D eigenvalue weighted by molar-refractivity contribution is 7.99. The maximum Gasteiger partial charge on any atom is 0.341 e. The lowest BCUT2D eigenvalue weighted by Crippen LogP contribution is -2.16. The highest BCUT2D eigenvalue weighted by Gasteiger charge is 2.22. The molecule has 1 aromatic carbocycles. The number of carbonyl (C=O) groups is 2. The Morgan fingerprint density at radius 1 is 1.19 bits per heavy atom. The Labute approximate surface area is 196 Å². The third-order valence-corrected chi connectivity index (χ3v) is 7.07. The van der Waals surface area contributed by atoms with E-state index in [1.165, 1.54) is 23.1 Å². The van der Waals surface area contributed by atoms with Crippen LogP contribution in [-0.2, 0) is 16.6 Å². The molecule has 8 nitrogen and oxygen atoms in total. The van der Waals surface area contributed by atoms with Gasteiger partial charge in [-0.2, -0.15) is 0 Å². The summed E-state index contributed by atoms with van der Waals surface area (Å²) >= 11 is 2.67. The zero-order valence-electron chi connectivity index (χ0n) is 19.1. The zero-order chi connectivity index (χ0) is 23.4. The lowest BCUT2D eigenvalue weighted by Gasteiger charge is -2.12. The van der Waals surface area contributed by atoms with Crippen LogP contribution in [0.15, 0.2) is 29.4 Å². The number of thioether (sulfide) groups is 1. The third-order valence-electron chi connectivity index (χ3n) is 4.93. The monoisotopic (exact) mass is 473 g/mol. The van der Waals surface area contributed by atoms with Gasteiger partial charge in [-0.3, -0.25) is 4.79 Å². The van der Waals surface area contributed by atoms with E-state index in [2.05, 4.69) is 15.5 Å². The summed E-state index contributed by atoms with van der Waals surface area (Å²) in [5.74, 6) is 0.230. The quantitative estimate of drug-likeness (QED) is 0.389. The van der Waals surface area contributed by atoms with Gasteiger partial charge in [0.25, 0.3) is 0 Å². The minimum atomic E-state index is -0.421. The predicted molar refractivity (Wildman–Crippen MR) is 130 cm³/mol. The number of carbonyl (C=O) groups excluding carboxylic acids is 2. The number of aryl methyl sites for hydroxylation is 1. The van der Waals surface area contributed by atoms with E-state index >= 15 is 0 Å². The highest BCUT2D eigenvalue weighted by Crippen LogP contribution is 2.33. The Balaban J connectivity index is 1.68. The minimum absolute atomic E-state index is 0.143. The second kappa shape index (κ2) is 10.2. The standard InChI is InChI=1S/C22H27N5O3S2/c1-7-30-21(29)18-13(2)14(3)32-20(18)23-17(28)12-31-22-25-24-19(27(22)6)15-8-10-16(11-9-15)26(4)5/h8-11H,7,12H2,1-6H3,(H,23,28). The fraction of sp³-hybridized carbons (Fsp3) is 0.364. The molecule has 0 bridgehead atoms. The molecule has 32 heavy (non-hydrogen) atoms. The molecule has 2 aromatic heterocycles. The van der Waals surface area contributed by atoms with Crippen molar-refractivity contribution in [2.75, 3.05) is 36.7 Å². The van der Waals surface area contributed by atoms with Crippen LogP contribution in [0.3, 0.4) is 0 Å². The van der Waals surface area contributed by atoms with E-state index in [0.717, 1.165) is 27.5 Å². The molecule has 10 heteroatoms. The van der Waals surface area contributed by atoms with Gasteiger partial charge in [-0.1, -0.05) is 11.8 Å². The number of nitrogens with zero attached hydrogens (tertiary/aromatic N) is 4. The van der Waals surface area contributed by atoms with Crippen molar-refractivity contribution >= 4 is 45.7 Å². The van der Waals surface area contributed by atoms with Gasteiger partial charge in [0.2, 0.25) is 5.91 Å². The molecule has 0 spiro atoms. The molecular formula is C22H27N5O3S2. The molecule has 0 aliphatic heterocycles. The molecule has 1 amide bonds. The van der Waals surface area contributed by atoms with E-state index in [1.807, 2.05) is 68.7 Å². The number of hydrogen-bond acceptors (Lipinski definition) is 8. The van der Waals surface area contributed by atoms with Crippen LogP contribution >= 0.6 is 23.1 Å². The van der Waals surface area contributed by atoms with Crippen molar-refractivity contribution in [3.05, 3.63) is 40.3 Å². The first-order valence-electron chi connectivity index (χ1n) is 10.1. The molecule has 0 radical (unpaired) electrons. The lowest BCUT2D eigenvalue weighted by molar-refractivity contribution is -0.113. The van der Waals surface area contributed by atoms with E-state index in [4.69, 9.17) is 4.74 Å². The first kappa shape index (κ1) is 23.8. The van der Waals surface area contributed by atoms with Crippen LogP contribution in [0.5, 0.6) is 0 Å². The average Bonchev–Trinajstić information content (AvgIpc) is 3.25. The van der Waals surface area contributed by atoms with Gasteiger partial charge >= 0.3 is 5.97 Å². The van der Waals surface area contributed by atoms with Crippen molar-refractivity contribution in [2.24, 2.45) is 7.05 Å². The summed E-state index contributed by atoms with van der Waals surface area (Å²) in [5.41, 5.74) is 3.30. The van der Waals surface area contributed by atoms with Crippen molar-refractivity contribution in [1.82, 2.24) is 14.8 Å². The number of anilines is 2. The third kappa shape index (κ3) is 5.13. The number of aromatic nitrogens is 3. The average molecular weight is 474 g/mol. The van der Waals surface area contributed by atoms with Gasteiger partial charge in [0.1, 0.15) is 5.00 Å². The van der Waals surface area contributed by atoms with E-state index in [0.29, 0.717) is 15.7 Å². The predicted octanol–water partition coefficient (Wildman–Crippen LogP) is 4.13. The SMILES string of the molecule is CCOC(=O)c1c(NC(=O)CSc2nnc(-c3ccc(N(C)C)cc3)n2C)sc(C)c1C. The van der Waals surface area contributed by atoms with Gasteiger partial charge in [0.15, 0.2) is 11.0 Å². The van der Waals surface area contributed by atoms with Crippen molar-refractivity contribution in [3.63, 3.8) is 0 Å². The second-order valence-electron chi connectivity index (χ2n) is 7.35. The van der Waals surface area contributed by atoms with Crippen LogP contribution in [0.2, 0.25) is 0 Å². The molecule has 0 fully saturated rings. The molecule has 3 aromatic rings. The number of benzene rings is 1. The largest absolute Gasteiger partial charge is 0.462 e. The molecule has 2 heterocycles. The maximum atomic E-state index is 12.6. The Hall–Kier alpha value is -2.85. The van der Waals surface area contributed by atoms with Gasteiger partial charge in [-0.25, -0.2) is 4.79 Å². The summed E-state index contributed by atoms with van der Waals surface area (Å²) in [6, 6.07) is 8.05. The highest BCUT2D eigenvalue weighted by atomic mass is 32.2. The second-order valence-corrected chi connectivity index (χ2v) is 9.52. The van der Waals surface area contributed by atoms with Gasteiger partial charge in [0, 0.05) is 37.3 Å². The number of ether oxygens (including phenoxy) is 1. The van der Waals surface area contributed by atoms with Crippen molar-refractivity contribution < 1.29 is 14.3 Å². The Morgan fingerprint density at radius 3 is 2.50 bits per heavy atom. The number of hydrogen-bond donors (Lipinski definition) is 1. The normalized spacial score (nSPS) is 10.8. The number of amides is 1. The number of esters is 1. The van der Waals surface area contributed by atoms with E-state index in [9.17, 15) is 9.59 Å². The van der Waals surface area contributed by atoms with Gasteiger partial charge in [0.05, 0.1) is 17.9 Å².